The number of guanidine groups is 1. The lowest BCUT2D eigenvalue weighted by molar-refractivity contribution is -0.135. The van der Waals surface area contributed by atoms with E-state index < -0.39 is 59.7 Å². The maximum Gasteiger partial charge on any atom is 0.243 e. The normalized spacial score (nSPS) is 14.5. The highest BCUT2D eigenvalue weighted by molar-refractivity contribution is 5.95. The number of benzene rings is 1. The van der Waals surface area contributed by atoms with Gasteiger partial charge in [-0.05, 0) is 50.0 Å². The molecule has 0 aliphatic heterocycles. The molecule has 0 fully saturated rings. The van der Waals surface area contributed by atoms with Crippen molar-refractivity contribution < 1.29 is 24.0 Å². The van der Waals surface area contributed by atoms with Crippen LogP contribution < -0.4 is 44.2 Å². The van der Waals surface area contributed by atoms with Crippen LogP contribution in [0.25, 0.3) is 0 Å². The first-order valence-corrected chi connectivity index (χ1v) is 15.0. The van der Waals surface area contributed by atoms with Gasteiger partial charge in [0, 0.05) is 13.0 Å². The number of rotatable bonds is 19. The van der Waals surface area contributed by atoms with Gasteiger partial charge in [0.1, 0.15) is 24.2 Å². The molecule has 0 aliphatic rings. The number of hydrogen-bond acceptors (Lipinski definition) is 7. The van der Waals surface area contributed by atoms with Gasteiger partial charge in [-0.3, -0.25) is 29.0 Å². The molecule has 0 spiro atoms. The lowest BCUT2D eigenvalue weighted by Gasteiger charge is -2.28. The van der Waals surface area contributed by atoms with Crippen molar-refractivity contribution in [3.63, 3.8) is 0 Å². The first-order chi connectivity index (χ1) is 20.6. The Hall–Kier alpha value is -4.20. The average molecular weight is 618 g/mol. The average Bonchev–Trinajstić information content (AvgIpc) is 2.93. The summed E-state index contributed by atoms with van der Waals surface area (Å²) in [6, 6.07) is 4.27. The van der Waals surface area contributed by atoms with Crippen LogP contribution in [0.15, 0.2) is 35.3 Å². The van der Waals surface area contributed by atoms with E-state index in [9.17, 15) is 24.0 Å². The third kappa shape index (κ3) is 14.8. The number of primary amides is 1. The van der Waals surface area contributed by atoms with Crippen molar-refractivity contribution >= 4 is 35.5 Å². The van der Waals surface area contributed by atoms with Gasteiger partial charge in [-0.25, -0.2) is 0 Å². The molecule has 0 saturated heterocycles. The molecule has 0 radical (unpaired) electrons. The molecule has 1 aromatic carbocycles. The third-order valence-corrected chi connectivity index (χ3v) is 6.61. The van der Waals surface area contributed by atoms with Crippen LogP contribution in [0.3, 0.4) is 0 Å². The second kappa shape index (κ2) is 19.2. The van der Waals surface area contributed by atoms with E-state index in [2.05, 4.69) is 26.3 Å². The summed E-state index contributed by atoms with van der Waals surface area (Å²) in [5.41, 5.74) is 22.7. The Morgan fingerprint density at radius 2 is 1.14 bits per heavy atom. The second-order valence-corrected chi connectivity index (χ2v) is 11.8. The summed E-state index contributed by atoms with van der Waals surface area (Å²) in [5, 5.41) is 10.8. The van der Waals surface area contributed by atoms with Gasteiger partial charge < -0.3 is 44.2 Å². The van der Waals surface area contributed by atoms with Gasteiger partial charge in [0.15, 0.2) is 5.96 Å². The maximum atomic E-state index is 13.6. The molecule has 0 aromatic heterocycles. The second-order valence-electron chi connectivity index (χ2n) is 11.8. The molecule has 44 heavy (non-hydrogen) atoms. The number of nitrogens with zero attached hydrogens (tertiary/aromatic N) is 1. The van der Waals surface area contributed by atoms with E-state index in [-0.39, 0.29) is 50.0 Å². The molecular weight excluding hydrogens is 566 g/mol. The smallest absolute Gasteiger partial charge is 0.243 e. The highest BCUT2D eigenvalue weighted by Gasteiger charge is 2.32. The largest absolute Gasteiger partial charge is 0.370 e. The van der Waals surface area contributed by atoms with Gasteiger partial charge >= 0.3 is 0 Å². The first-order valence-electron chi connectivity index (χ1n) is 15.0. The van der Waals surface area contributed by atoms with Crippen molar-refractivity contribution in [1.29, 1.82) is 0 Å². The molecule has 0 saturated carbocycles. The van der Waals surface area contributed by atoms with Crippen LogP contribution in [0.4, 0.5) is 0 Å². The van der Waals surface area contributed by atoms with Gasteiger partial charge in [0.25, 0.3) is 0 Å². The molecule has 12 N–H and O–H groups in total. The minimum Gasteiger partial charge on any atom is -0.370 e. The van der Waals surface area contributed by atoms with E-state index in [0.717, 1.165) is 5.56 Å². The zero-order valence-corrected chi connectivity index (χ0v) is 26.5. The van der Waals surface area contributed by atoms with Gasteiger partial charge in [-0.2, -0.15) is 0 Å². The van der Waals surface area contributed by atoms with Crippen LogP contribution in [-0.2, 0) is 30.4 Å². The number of carbonyl (C=O) groups excluding carboxylic acids is 5. The highest BCUT2D eigenvalue weighted by atomic mass is 16.2. The lowest BCUT2D eigenvalue weighted by atomic mass is 9.98. The van der Waals surface area contributed by atoms with Crippen molar-refractivity contribution in [2.24, 2.45) is 39.8 Å². The maximum absolute atomic E-state index is 13.6. The monoisotopic (exact) mass is 617 g/mol. The Balaban J connectivity index is 3.13. The van der Waals surface area contributed by atoms with E-state index in [1.54, 1.807) is 0 Å². The minimum atomic E-state index is -1.01. The molecule has 14 nitrogen and oxygen atoms in total. The third-order valence-electron chi connectivity index (χ3n) is 6.61. The lowest BCUT2D eigenvalue weighted by Crippen LogP contribution is -2.59. The Labute approximate surface area is 259 Å². The van der Waals surface area contributed by atoms with Crippen LogP contribution in [0, 0.1) is 11.8 Å². The van der Waals surface area contributed by atoms with Crippen LogP contribution in [0.2, 0.25) is 0 Å². The molecular formula is C30H51N9O5. The van der Waals surface area contributed by atoms with E-state index in [1.807, 2.05) is 58.0 Å². The fourth-order valence-electron chi connectivity index (χ4n) is 4.37. The summed E-state index contributed by atoms with van der Waals surface area (Å²) in [6.45, 7) is 9.31. The quantitative estimate of drug-likeness (QED) is 0.0550. The zero-order valence-electron chi connectivity index (χ0n) is 26.5. The predicted molar refractivity (Wildman–Crippen MR) is 170 cm³/mol. The molecule has 5 amide bonds. The highest BCUT2D eigenvalue weighted by Crippen LogP contribution is 2.11. The molecule has 1 aromatic rings. The summed E-state index contributed by atoms with van der Waals surface area (Å²) in [6.07, 6.45) is 1.29. The van der Waals surface area contributed by atoms with Crippen LogP contribution in [-0.4, -0.2) is 72.2 Å². The number of carbonyl (C=O) groups is 5. The van der Waals surface area contributed by atoms with Gasteiger partial charge in [0.05, 0.1) is 6.04 Å². The molecule has 14 heteroatoms. The number of aliphatic imine (C=N–C) groups is 1. The minimum absolute atomic E-state index is 0.000822. The predicted octanol–water partition coefficient (Wildman–Crippen LogP) is -0.853. The van der Waals surface area contributed by atoms with Crippen molar-refractivity contribution in [2.45, 2.75) is 96.9 Å². The summed E-state index contributed by atoms with van der Waals surface area (Å²) in [4.78, 5) is 68.7. The fraction of sp³-hybridized carbons (Fsp3) is 0.600. The number of amides is 5. The SMILES string of the molecule is CC(C)CC(NC(=O)C(CC(C)C)NC(=O)C(Cc1ccccc1)NC(=O)C(C)N)C(=O)NC(CCCN=C(N)N)C(N)=O. The summed E-state index contributed by atoms with van der Waals surface area (Å²) >= 11 is 0. The van der Waals surface area contributed by atoms with Gasteiger partial charge in [-0.15, -0.1) is 0 Å². The zero-order chi connectivity index (χ0) is 33.4. The summed E-state index contributed by atoms with van der Waals surface area (Å²) in [7, 11) is 0. The van der Waals surface area contributed by atoms with Crippen LogP contribution in [0.1, 0.15) is 65.9 Å². The first kappa shape index (κ1) is 37.8. The number of hydrogen-bond donors (Lipinski definition) is 8. The van der Waals surface area contributed by atoms with E-state index >= 15 is 0 Å². The Bertz CT molecular complexity index is 1120. The Morgan fingerprint density at radius 3 is 1.57 bits per heavy atom. The van der Waals surface area contributed by atoms with Crippen LogP contribution >= 0.6 is 0 Å². The number of nitrogens with one attached hydrogen (secondary N) is 4. The van der Waals surface area contributed by atoms with Gasteiger partial charge in [-0.1, -0.05) is 58.0 Å². The topological polar surface area (TPSA) is 250 Å². The summed E-state index contributed by atoms with van der Waals surface area (Å²) in [5.74, 6) is -3.06. The fourth-order valence-corrected chi connectivity index (χ4v) is 4.37. The Kier molecular flexibility index (Phi) is 16.5. The molecule has 5 atom stereocenters. The van der Waals surface area contributed by atoms with E-state index in [0.29, 0.717) is 6.42 Å². The van der Waals surface area contributed by atoms with Crippen LogP contribution in [0.5, 0.6) is 0 Å². The molecule has 0 aliphatic carbocycles. The van der Waals surface area contributed by atoms with Gasteiger partial charge in [0.2, 0.25) is 29.5 Å². The Morgan fingerprint density at radius 1 is 0.682 bits per heavy atom. The van der Waals surface area contributed by atoms with Crippen molar-refractivity contribution in [3.05, 3.63) is 35.9 Å². The molecule has 1 rings (SSSR count). The van der Waals surface area contributed by atoms with Crippen molar-refractivity contribution in [2.75, 3.05) is 6.54 Å². The standard InChI is InChI=1S/C30H51N9O5/c1-17(2)14-22(27(42)36-21(25(32)40)12-9-13-35-30(33)34)38-28(43)23(15-18(3)4)39-29(44)24(37-26(41)19(5)31)16-20-10-7-6-8-11-20/h6-8,10-11,17-19,21-24H,9,12-16,31H2,1-5H3,(H2,32,40)(H,36,42)(H,37,41)(H,38,43)(H,39,44)(H4,33,34,35). The van der Waals surface area contributed by atoms with E-state index in [1.165, 1.54) is 6.92 Å². The number of nitrogens with two attached hydrogens (primary N) is 4. The molecule has 0 bridgehead atoms. The molecule has 0 heterocycles. The van der Waals surface area contributed by atoms with E-state index in [4.69, 9.17) is 22.9 Å². The van der Waals surface area contributed by atoms with Crippen molar-refractivity contribution in [1.82, 2.24) is 21.3 Å². The molecule has 246 valence electrons. The van der Waals surface area contributed by atoms with Crippen molar-refractivity contribution in [3.8, 4) is 0 Å². The molecule has 5 unspecified atom stereocenters. The summed E-state index contributed by atoms with van der Waals surface area (Å²) < 4.78 is 0.